The molecule has 0 radical (unpaired) electrons. The summed E-state index contributed by atoms with van der Waals surface area (Å²) in [6.07, 6.45) is 7.53. The lowest BCUT2D eigenvalue weighted by Crippen LogP contribution is -2.60. The Hall–Kier alpha value is -0.0800. The van der Waals surface area contributed by atoms with E-state index < -0.39 is 0 Å². The van der Waals surface area contributed by atoms with Crippen molar-refractivity contribution in [1.82, 2.24) is 5.32 Å². The fraction of sp³-hybridized carbons (Fsp3) is 1.00. The van der Waals surface area contributed by atoms with Crippen LogP contribution in [0, 0.1) is 5.92 Å². The van der Waals surface area contributed by atoms with Crippen LogP contribution < -0.4 is 11.1 Å². The molecule has 2 heteroatoms. The van der Waals surface area contributed by atoms with Gasteiger partial charge in [0.1, 0.15) is 0 Å². The molecule has 1 unspecified atom stereocenters. The largest absolute Gasteiger partial charge is 0.327 e. The van der Waals surface area contributed by atoms with Crippen LogP contribution in [0.25, 0.3) is 0 Å². The predicted molar refractivity (Wildman–Crippen MR) is 76.1 cm³/mol. The Morgan fingerprint density at radius 1 is 1.12 bits per heavy atom. The van der Waals surface area contributed by atoms with Crippen molar-refractivity contribution in [2.24, 2.45) is 11.7 Å². The van der Waals surface area contributed by atoms with E-state index in [2.05, 4.69) is 39.9 Å². The van der Waals surface area contributed by atoms with Gasteiger partial charge in [-0.25, -0.2) is 0 Å². The number of nitrogens with two attached hydrogens (primary N) is 1. The monoisotopic (exact) mass is 240 g/mol. The summed E-state index contributed by atoms with van der Waals surface area (Å²) >= 11 is 0. The maximum Gasteiger partial charge on any atom is 0.0133 e. The van der Waals surface area contributed by atoms with E-state index in [9.17, 15) is 0 Å². The molecule has 1 aliphatic heterocycles. The van der Waals surface area contributed by atoms with Crippen LogP contribution >= 0.6 is 0 Å². The minimum Gasteiger partial charge on any atom is -0.327 e. The number of hydrogen-bond acceptors (Lipinski definition) is 2. The highest BCUT2D eigenvalue weighted by Crippen LogP contribution is 2.35. The van der Waals surface area contributed by atoms with Crippen LogP contribution in [-0.2, 0) is 0 Å². The minimum atomic E-state index is 0.231. The zero-order chi connectivity index (χ0) is 13.1. The van der Waals surface area contributed by atoms with E-state index in [0.29, 0.717) is 12.0 Å². The van der Waals surface area contributed by atoms with Crippen molar-refractivity contribution in [3.63, 3.8) is 0 Å². The van der Waals surface area contributed by atoms with Crippen molar-refractivity contribution < 1.29 is 0 Å². The summed E-state index contributed by atoms with van der Waals surface area (Å²) in [5.41, 5.74) is 6.87. The highest BCUT2D eigenvalue weighted by atomic mass is 15.1. The summed E-state index contributed by atoms with van der Waals surface area (Å²) in [7, 11) is 0. The van der Waals surface area contributed by atoms with Crippen LogP contribution in [0.15, 0.2) is 0 Å². The molecule has 0 spiro atoms. The molecule has 102 valence electrons. The van der Waals surface area contributed by atoms with Gasteiger partial charge in [-0.1, -0.05) is 26.2 Å². The molecule has 1 saturated heterocycles. The summed E-state index contributed by atoms with van der Waals surface area (Å²) < 4.78 is 0. The molecule has 0 saturated carbocycles. The molecular formula is C15H32N2. The van der Waals surface area contributed by atoms with Gasteiger partial charge in [-0.3, -0.25) is 0 Å². The molecule has 0 aliphatic carbocycles. The fourth-order valence-corrected chi connectivity index (χ4v) is 3.57. The first-order valence-corrected chi connectivity index (χ1v) is 7.31. The van der Waals surface area contributed by atoms with Gasteiger partial charge in [0.25, 0.3) is 0 Å². The van der Waals surface area contributed by atoms with Crippen LogP contribution in [0.1, 0.15) is 73.1 Å². The van der Waals surface area contributed by atoms with Crippen molar-refractivity contribution in [1.29, 1.82) is 0 Å². The molecule has 0 bridgehead atoms. The van der Waals surface area contributed by atoms with Crippen molar-refractivity contribution in [3.05, 3.63) is 0 Å². The maximum atomic E-state index is 6.40. The van der Waals surface area contributed by atoms with Crippen molar-refractivity contribution in [2.75, 3.05) is 0 Å². The Labute approximate surface area is 108 Å². The number of hydrogen-bond donors (Lipinski definition) is 2. The Morgan fingerprint density at radius 2 is 1.65 bits per heavy atom. The summed E-state index contributed by atoms with van der Waals surface area (Å²) in [4.78, 5) is 0. The second-order valence-electron chi connectivity index (χ2n) is 7.22. The van der Waals surface area contributed by atoms with Crippen LogP contribution in [-0.4, -0.2) is 17.1 Å². The minimum absolute atomic E-state index is 0.231. The van der Waals surface area contributed by atoms with Gasteiger partial charge in [-0.05, 0) is 52.9 Å². The van der Waals surface area contributed by atoms with Crippen molar-refractivity contribution >= 4 is 0 Å². The van der Waals surface area contributed by atoms with Crippen molar-refractivity contribution in [2.45, 2.75) is 90.3 Å². The molecule has 3 N–H and O–H groups in total. The predicted octanol–water partition coefficient (Wildman–Crippen LogP) is 3.45. The van der Waals surface area contributed by atoms with E-state index in [-0.39, 0.29) is 11.1 Å². The van der Waals surface area contributed by atoms with Gasteiger partial charge in [0.05, 0.1) is 0 Å². The van der Waals surface area contributed by atoms with E-state index in [1.54, 1.807) is 0 Å². The van der Waals surface area contributed by atoms with E-state index >= 15 is 0 Å². The van der Waals surface area contributed by atoms with Gasteiger partial charge in [-0.15, -0.1) is 0 Å². The second kappa shape index (κ2) is 5.71. The van der Waals surface area contributed by atoms with Crippen molar-refractivity contribution in [3.8, 4) is 0 Å². The van der Waals surface area contributed by atoms with Gasteiger partial charge in [0.2, 0.25) is 0 Å². The van der Waals surface area contributed by atoms with E-state index in [1.165, 1.54) is 38.5 Å². The van der Waals surface area contributed by atoms with Crippen LogP contribution in [0.5, 0.6) is 0 Å². The fourth-order valence-electron chi connectivity index (χ4n) is 3.57. The molecular weight excluding hydrogens is 208 g/mol. The number of piperidine rings is 1. The summed E-state index contributed by atoms with van der Waals surface area (Å²) in [6.45, 7) is 11.5. The quantitative estimate of drug-likeness (QED) is 0.722. The topological polar surface area (TPSA) is 38.0 Å². The smallest absolute Gasteiger partial charge is 0.0133 e. The summed E-state index contributed by atoms with van der Waals surface area (Å²) in [6, 6.07) is 0.391. The average molecular weight is 240 g/mol. The first kappa shape index (κ1) is 15.0. The Kier molecular flexibility index (Phi) is 5.03. The lowest BCUT2D eigenvalue weighted by atomic mass is 9.72. The van der Waals surface area contributed by atoms with Crippen LogP contribution in [0.3, 0.4) is 0 Å². The molecule has 1 aliphatic rings. The maximum absolute atomic E-state index is 6.40. The Bertz CT molecular complexity index is 217. The zero-order valence-corrected chi connectivity index (χ0v) is 12.5. The second-order valence-corrected chi connectivity index (χ2v) is 7.22. The highest BCUT2D eigenvalue weighted by molar-refractivity contribution is 4.99. The van der Waals surface area contributed by atoms with E-state index in [1.807, 2.05) is 0 Å². The molecule has 17 heavy (non-hydrogen) atoms. The summed E-state index contributed by atoms with van der Waals surface area (Å²) in [5.74, 6) is 0.679. The SMILES string of the molecule is CCCCCC(N)C1CC(C)(C)NC(C)(C)C1. The zero-order valence-electron chi connectivity index (χ0n) is 12.5. The first-order valence-electron chi connectivity index (χ1n) is 7.31. The Balaban J connectivity index is 2.52. The molecule has 1 heterocycles. The van der Waals surface area contributed by atoms with E-state index in [4.69, 9.17) is 5.73 Å². The lowest BCUT2D eigenvalue weighted by Gasteiger charge is -2.48. The molecule has 1 fully saturated rings. The lowest BCUT2D eigenvalue weighted by molar-refractivity contribution is 0.110. The van der Waals surface area contributed by atoms with Gasteiger partial charge < -0.3 is 11.1 Å². The summed E-state index contributed by atoms with van der Waals surface area (Å²) in [5, 5.41) is 3.73. The standard InChI is InChI=1S/C15H32N2/c1-6-7-8-9-13(16)12-10-14(2,3)17-15(4,5)11-12/h12-13,17H,6-11,16H2,1-5H3. The highest BCUT2D eigenvalue weighted by Gasteiger charge is 2.39. The van der Waals surface area contributed by atoms with Gasteiger partial charge >= 0.3 is 0 Å². The number of nitrogens with one attached hydrogen (secondary N) is 1. The molecule has 1 atom stereocenters. The number of unbranched alkanes of at least 4 members (excludes halogenated alkanes) is 2. The van der Waals surface area contributed by atoms with Crippen LogP contribution in [0.4, 0.5) is 0 Å². The average Bonchev–Trinajstić information content (AvgIpc) is 2.13. The van der Waals surface area contributed by atoms with Crippen LogP contribution in [0.2, 0.25) is 0 Å². The van der Waals surface area contributed by atoms with Gasteiger partial charge in [0.15, 0.2) is 0 Å². The first-order chi connectivity index (χ1) is 7.76. The molecule has 0 amide bonds. The number of rotatable bonds is 5. The molecule has 0 aromatic heterocycles. The molecule has 0 aromatic rings. The molecule has 1 rings (SSSR count). The third-order valence-corrected chi connectivity index (χ3v) is 3.97. The third-order valence-electron chi connectivity index (χ3n) is 3.97. The normalized spacial score (nSPS) is 25.8. The van der Waals surface area contributed by atoms with E-state index in [0.717, 1.165) is 0 Å². The van der Waals surface area contributed by atoms with Gasteiger partial charge in [-0.2, -0.15) is 0 Å². The van der Waals surface area contributed by atoms with Gasteiger partial charge in [0, 0.05) is 17.1 Å². The molecule has 0 aromatic carbocycles. The third kappa shape index (κ3) is 4.97. The molecule has 2 nitrogen and oxygen atoms in total. The Morgan fingerprint density at radius 3 is 2.12 bits per heavy atom.